The van der Waals surface area contributed by atoms with E-state index in [1.54, 1.807) is 36.4 Å². The molecule has 0 saturated heterocycles. The average Bonchev–Trinajstić information content (AvgIpc) is 2.75. The van der Waals surface area contributed by atoms with Gasteiger partial charge in [-0.3, -0.25) is 4.79 Å². The molecule has 4 aromatic rings. The number of aromatic hydroxyl groups is 2. The summed E-state index contributed by atoms with van der Waals surface area (Å²) in [5.41, 5.74) is 2.07. The number of phenolic OH excluding ortho intramolecular Hbond substituents is 2. The number of azo groups is 1. The van der Waals surface area contributed by atoms with Crippen molar-refractivity contribution in [1.29, 1.82) is 0 Å². The van der Waals surface area contributed by atoms with Gasteiger partial charge in [-0.25, -0.2) is 0 Å². The molecule has 0 saturated carbocycles. The Bertz CT molecular complexity index is 1280. The van der Waals surface area contributed by atoms with Crippen LogP contribution in [0, 0.1) is 6.92 Å². The summed E-state index contributed by atoms with van der Waals surface area (Å²) >= 11 is 0. The van der Waals surface area contributed by atoms with Gasteiger partial charge < -0.3 is 15.5 Å². The Morgan fingerprint density at radius 2 is 1.57 bits per heavy atom. The highest BCUT2D eigenvalue weighted by atomic mass is 16.3. The van der Waals surface area contributed by atoms with Crippen LogP contribution < -0.4 is 5.32 Å². The van der Waals surface area contributed by atoms with Gasteiger partial charge in [0.05, 0.1) is 5.56 Å². The smallest absolute Gasteiger partial charge is 0.259 e. The van der Waals surface area contributed by atoms with Crippen molar-refractivity contribution in [3.05, 3.63) is 90.0 Å². The molecule has 30 heavy (non-hydrogen) atoms. The van der Waals surface area contributed by atoms with Gasteiger partial charge in [0.25, 0.3) is 5.91 Å². The molecule has 0 unspecified atom stereocenters. The number of hydrogen-bond donors (Lipinski definition) is 3. The van der Waals surface area contributed by atoms with Crippen LogP contribution in [0.2, 0.25) is 0 Å². The predicted octanol–water partition coefficient (Wildman–Crippen LogP) is 6.23. The van der Waals surface area contributed by atoms with Crippen molar-refractivity contribution in [3.63, 3.8) is 0 Å². The number of benzene rings is 4. The van der Waals surface area contributed by atoms with E-state index in [0.717, 1.165) is 10.9 Å². The van der Waals surface area contributed by atoms with Crippen molar-refractivity contribution in [3.8, 4) is 11.5 Å². The highest BCUT2D eigenvalue weighted by Gasteiger charge is 2.19. The van der Waals surface area contributed by atoms with Gasteiger partial charge in [-0.1, -0.05) is 54.6 Å². The molecule has 6 nitrogen and oxygen atoms in total. The second-order valence-electron chi connectivity index (χ2n) is 6.80. The maximum Gasteiger partial charge on any atom is 0.259 e. The molecule has 0 aliphatic carbocycles. The lowest BCUT2D eigenvalue weighted by molar-refractivity contribution is 0.102. The molecule has 0 fully saturated rings. The molecular weight excluding hydrogens is 378 g/mol. The zero-order valence-corrected chi connectivity index (χ0v) is 16.2. The third-order valence-corrected chi connectivity index (χ3v) is 4.77. The summed E-state index contributed by atoms with van der Waals surface area (Å²) in [6, 6.07) is 22.8. The maximum atomic E-state index is 12.9. The van der Waals surface area contributed by atoms with Crippen LogP contribution in [0.25, 0.3) is 10.8 Å². The van der Waals surface area contributed by atoms with Crippen molar-refractivity contribution in [2.24, 2.45) is 10.2 Å². The van der Waals surface area contributed by atoms with E-state index in [-0.39, 0.29) is 28.4 Å². The molecule has 1 amide bonds. The predicted molar refractivity (Wildman–Crippen MR) is 117 cm³/mol. The van der Waals surface area contributed by atoms with Crippen LogP contribution in [-0.4, -0.2) is 16.1 Å². The van der Waals surface area contributed by atoms with Crippen molar-refractivity contribution in [2.75, 3.05) is 5.32 Å². The zero-order valence-electron chi connectivity index (χ0n) is 16.2. The first kappa shape index (κ1) is 19.1. The Balaban J connectivity index is 1.80. The van der Waals surface area contributed by atoms with Gasteiger partial charge in [-0.15, -0.1) is 10.2 Å². The molecule has 0 aliphatic rings. The molecule has 148 valence electrons. The number of carbonyl (C=O) groups is 1. The molecular formula is C24H19N3O3. The van der Waals surface area contributed by atoms with Crippen LogP contribution in [0.15, 0.2) is 89.1 Å². The number of nitrogens with zero attached hydrogens (tertiary/aromatic N) is 2. The summed E-state index contributed by atoms with van der Waals surface area (Å²) in [6.45, 7) is 1.89. The Kier molecular flexibility index (Phi) is 5.13. The highest BCUT2D eigenvalue weighted by Crippen LogP contribution is 2.40. The lowest BCUT2D eigenvalue weighted by Crippen LogP contribution is -2.13. The van der Waals surface area contributed by atoms with E-state index >= 15 is 0 Å². The first-order chi connectivity index (χ1) is 14.5. The SMILES string of the molecule is Cc1ccccc1NC(=O)c1cc2ccccc2c(N=Nc2ccccc2O)c1O. The van der Waals surface area contributed by atoms with Gasteiger partial charge in [0.15, 0.2) is 5.75 Å². The van der Waals surface area contributed by atoms with E-state index in [1.165, 1.54) is 6.07 Å². The van der Waals surface area contributed by atoms with Crippen LogP contribution in [0.3, 0.4) is 0 Å². The Labute approximate surface area is 173 Å². The Morgan fingerprint density at radius 1 is 0.867 bits per heavy atom. The van der Waals surface area contributed by atoms with Gasteiger partial charge in [0, 0.05) is 11.1 Å². The number of hydrogen-bond acceptors (Lipinski definition) is 5. The van der Waals surface area contributed by atoms with Crippen molar-refractivity contribution in [2.45, 2.75) is 6.92 Å². The summed E-state index contributed by atoms with van der Waals surface area (Å²) in [7, 11) is 0. The summed E-state index contributed by atoms with van der Waals surface area (Å²) in [5.74, 6) is -0.760. The standard InChI is InChI=1S/C24H19N3O3/c1-15-8-2-5-11-19(15)25-24(30)18-14-16-9-3-4-10-17(16)22(23(18)29)27-26-20-12-6-7-13-21(20)28/h2-14,28-29H,1H3,(H,25,30). The molecule has 0 bridgehead atoms. The topological polar surface area (TPSA) is 94.3 Å². The van der Waals surface area contributed by atoms with E-state index in [9.17, 15) is 15.0 Å². The number of fused-ring (bicyclic) bond motifs is 1. The van der Waals surface area contributed by atoms with Crippen LogP contribution in [0.1, 0.15) is 15.9 Å². The minimum Gasteiger partial charge on any atom is -0.506 e. The monoisotopic (exact) mass is 397 g/mol. The molecule has 4 aromatic carbocycles. The Morgan fingerprint density at radius 3 is 2.37 bits per heavy atom. The van der Waals surface area contributed by atoms with Crippen molar-refractivity contribution < 1.29 is 15.0 Å². The number of aryl methyl sites for hydroxylation is 1. The summed E-state index contributed by atoms with van der Waals surface area (Å²) < 4.78 is 0. The number of nitrogens with one attached hydrogen (secondary N) is 1. The summed E-state index contributed by atoms with van der Waals surface area (Å²) in [6.07, 6.45) is 0. The largest absolute Gasteiger partial charge is 0.506 e. The quantitative estimate of drug-likeness (QED) is 0.356. The number of rotatable bonds is 4. The molecule has 0 aliphatic heterocycles. The zero-order chi connectivity index (χ0) is 21.1. The number of phenols is 2. The molecule has 3 N–H and O–H groups in total. The molecule has 6 heteroatoms. The van der Waals surface area contributed by atoms with Gasteiger partial charge in [-0.05, 0) is 42.1 Å². The van der Waals surface area contributed by atoms with E-state index in [2.05, 4.69) is 15.5 Å². The molecule has 0 radical (unpaired) electrons. The van der Waals surface area contributed by atoms with Gasteiger partial charge >= 0.3 is 0 Å². The van der Waals surface area contributed by atoms with E-state index in [4.69, 9.17) is 0 Å². The number of carbonyl (C=O) groups excluding carboxylic acids is 1. The van der Waals surface area contributed by atoms with Crippen LogP contribution in [0.5, 0.6) is 11.5 Å². The lowest BCUT2D eigenvalue weighted by atomic mass is 10.0. The minimum absolute atomic E-state index is 0.0292. The molecule has 0 spiro atoms. The van der Waals surface area contributed by atoms with E-state index < -0.39 is 5.91 Å². The molecule has 0 aromatic heterocycles. The van der Waals surface area contributed by atoms with Gasteiger partial charge in [-0.2, -0.15) is 0 Å². The van der Waals surface area contributed by atoms with Crippen LogP contribution in [0.4, 0.5) is 17.1 Å². The number of para-hydroxylation sites is 2. The highest BCUT2D eigenvalue weighted by molar-refractivity contribution is 6.11. The maximum absolute atomic E-state index is 12.9. The fourth-order valence-electron chi connectivity index (χ4n) is 3.15. The second kappa shape index (κ2) is 8.05. The summed E-state index contributed by atoms with van der Waals surface area (Å²) in [4.78, 5) is 12.9. The minimum atomic E-state index is -0.452. The Hall–Kier alpha value is -4.19. The van der Waals surface area contributed by atoms with Crippen molar-refractivity contribution in [1.82, 2.24) is 0 Å². The summed E-state index contributed by atoms with van der Waals surface area (Å²) in [5, 5.41) is 33.2. The molecule has 0 atom stereocenters. The van der Waals surface area contributed by atoms with Gasteiger partial charge in [0.2, 0.25) is 0 Å². The average molecular weight is 397 g/mol. The third kappa shape index (κ3) is 3.71. The number of amides is 1. The van der Waals surface area contributed by atoms with Crippen LogP contribution in [-0.2, 0) is 0 Å². The first-order valence-electron chi connectivity index (χ1n) is 9.36. The molecule has 0 heterocycles. The fourth-order valence-corrected chi connectivity index (χ4v) is 3.15. The second-order valence-corrected chi connectivity index (χ2v) is 6.80. The van der Waals surface area contributed by atoms with Crippen LogP contribution >= 0.6 is 0 Å². The molecule has 4 rings (SSSR count). The van der Waals surface area contributed by atoms with E-state index in [1.807, 2.05) is 43.3 Å². The van der Waals surface area contributed by atoms with Crippen molar-refractivity contribution >= 4 is 33.7 Å². The lowest BCUT2D eigenvalue weighted by Gasteiger charge is -2.12. The number of anilines is 1. The first-order valence-corrected chi connectivity index (χ1v) is 9.36. The normalized spacial score (nSPS) is 11.1. The van der Waals surface area contributed by atoms with E-state index in [0.29, 0.717) is 11.1 Å². The fraction of sp³-hybridized carbons (Fsp3) is 0.0417. The third-order valence-electron chi connectivity index (χ3n) is 4.77. The van der Waals surface area contributed by atoms with Gasteiger partial charge in [0.1, 0.15) is 17.1 Å².